The van der Waals surface area contributed by atoms with Gasteiger partial charge in [0.2, 0.25) is 0 Å². The monoisotopic (exact) mass is 410 g/mol. The third-order valence-electron chi connectivity index (χ3n) is 4.70. The highest BCUT2D eigenvalue weighted by atomic mass is 32.2. The molecule has 0 saturated carbocycles. The number of halogens is 2. The number of aromatic nitrogens is 2. The van der Waals surface area contributed by atoms with Crippen LogP contribution in [0.5, 0.6) is 5.75 Å². The summed E-state index contributed by atoms with van der Waals surface area (Å²) in [6.45, 7) is 0.720. The molecule has 0 amide bonds. The first-order valence-electron chi connectivity index (χ1n) is 8.70. The number of allylic oxidation sites excluding steroid dienone is 1. The van der Waals surface area contributed by atoms with Crippen molar-refractivity contribution in [3.05, 3.63) is 52.9 Å². The van der Waals surface area contributed by atoms with E-state index in [0.29, 0.717) is 17.7 Å². The van der Waals surface area contributed by atoms with E-state index in [2.05, 4.69) is 9.84 Å². The van der Waals surface area contributed by atoms with Crippen molar-refractivity contribution in [2.75, 3.05) is 11.5 Å². The van der Waals surface area contributed by atoms with Crippen LogP contribution >= 0.6 is 0 Å². The fourth-order valence-electron chi connectivity index (χ4n) is 3.30. The van der Waals surface area contributed by atoms with Gasteiger partial charge in [0, 0.05) is 16.8 Å². The van der Waals surface area contributed by atoms with E-state index in [1.54, 1.807) is 17.7 Å². The highest BCUT2D eigenvalue weighted by Crippen LogP contribution is 2.27. The smallest absolute Gasteiger partial charge is 0.387 e. The average Bonchev–Trinajstić information content (AvgIpc) is 3.12. The van der Waals surface area contributed by atoms with E-state index in [1.807, 2.05) is 6.92 Å². The molecule has 3 rings (SSSR count). The molecule has 1 aromatic heterocycles. The van der Waals surface area contributed by atoms with Crippen molar-refractivity contribution < 1.29 is 26.7 Å². The summed E-state index contributed by atoms with van der Waals surface area (Å²) in [5.74, 6) is -0.0803. The molecule has 0 radical (unpaired) electrons. The van der Waals surface area contributed by atoms with Gasteiger partial charge in [-0.2, -0.15) is 13.9 Å². The van der Waals surface area contributed by atoms with Crippen LogP contribution < -0.4 is 4.74 Å². The number of aryl methyl sites for hydroxylation is 1. The summed E-state index contributed by atoms with van der Waals surface area (Å²) in [6.07, 6.45) is 3.55. The first-order valence-corrected chi connectivity index (χ1v) is 10.5. The van der Waals surface area contributed by atoms with Crippen molar-refractivity contribution in [1.82, 2.24) is 9.78 Å². The molecule has 150 valence electrons. The van der Waals surface area contributed by atoms with Gasteiger partial charge in [-0.3, -0.25) is 9.48 Å². The Morgan fingerprint density at radius 1 is 1.29 bits per heavy atom. The van der Waals surface area contributed by atoms with Crippen LogP contribution in [0.25, 0.3) is 6.08 Å². The van der Waals surface area contributed by atoms with Gasteiger partial charge in [0.15, 0.2) is 15.6 Å². The fraction of sp³-hybridized carbons (Fsp3) is 0.368. The van der Waals surface area contributed by atoms with Gasteiger partial charge in [-0.1, -0.05) is 0 Å². The highest BCUT2D eigenvalue weighted by molar-refractivity contribution is 7.91. The lowest BCUT2D eigenvalue weighted by atomic mass is 10.1. The Morgan fingerprint density at radius 3 is 2.54 bits per heavy atom. The SMILES string of the molecule is Cc1nn([C@H]2CCS(=O)(=O)C2)c(C)c1/C=C/C(=O)c1ccc(OC(F)F)cc1. The van der Waals surface area contributed by atoms with Gasteiger partial charge in [0.05, 0.1) is 23.2 Å². The quantitative estimate of drug-likeness (QED) is 0.539. The van der Waals surface area contributed by atoms with Crippen LogP contribution in [-0.2, 0) is 9.84 Å². The van der Waals surface area contributed by atoms with Crippen LogP contribution in [0, 0.1) is 13.8 Å². The minimum atomic E-state index is -3.03. The molecule has 1 fully saturated rings. The van der Waals surface area contributed by atoms with Crippen molar-refractivity contribution in [3.63, 3.8) is 0 Å². The van der Waals surface area contributed by atoms with Crippen molar-refractivity contribution in [2.24, 2.45) is 0 Å². The second kappa shape index (κ2) is 7.83. The van der Waals surface area contributed by atoms with E-state index in [-0.39, 0.29) is 29.1 Å². The number of ether oxygens (including phenoxy) is 1. The minimum Gasteiger partial charge on any atom is -0.435 e. The van der Waals surface area contributed by atoms with Gasteiger partial charge in [-0.05, 0) is 56.7 Å². The first-order chi connectivity index (χ1) is 13.2. The van der Waals surface area contributed by atoms with E-state index in [9.17, 15) is 22.0 Å². The summed E-state index contributed by atoms with van der Waals surface area (Å²) >= 11 is 0. The van der Waals surface area contributed by atoms with Crippen LogP contribution in [0.4, 0.5) is 8.78 Å². The zero-order valence-electron chi connectivity index (χ0n) is 15.4. The predicted octanol–water partition coefficient (Wildman–Crippen LogP) is 3.36. The van der Waals surface area contributed by atoms with Crippen LogP contribution in [-0.4, -0.2) is 42.1 Å². The van der Waals surface area contributed by atoms with Crippen molar-refractivity contribution >= 4 is 21.7 Å². The molecule has 6 nitrogen and oxygen atoms in total. The molecule has 0 spiro atoms. The molecule has 1 saturated heterocycles. The van der Waals surface area contributed by atoms with E-state index in [1.165, 1.54) is 30.3 Å². The number of carbonyl (C=O) groups is 1. The Balaban J connectivity index is 1.76. The Morgan fingerprint density at radius 2 is 1.96 bits per heavy atom. The summed E-state index contributed by atoms with van der Waals surface area (Å²) in [5.41, 5.74) is 2.59. The number of hydrogen-bond acceptors (Lipinski definition) is 5. The third kappa shape index (κ3) is 4.46. The molecule has 1 atom stereocenters. The molecular weight excluding hydrogens is 390 g/mol. The van der Waals surface area contributed by atoms with E-state index >= 15 is 0 Å². The van der Waals surface area contributed by atoms with Crippen LogP contribution in [0.2, 0.25) is 0 Å². The molecule has 2 aromatic rings. The topological polar surface area (TPSA) is 78.3 Å². The van der Waals surface area contributed by atoms with Crippen LogP contribution in [0.1, 0.15) is 39.8 Å². The molecule has 28 heavy (non-hydrogen) atoms. The summed E-state index contributed by atoms with van der Waals surface area (Å²) in [5, 5.41) is 4.45. The van der Waals surface area contributed by atoms with E-state index in [4.69, 9.17) is 0 Å². The van der Waals surface area contributed by atoms with Gasteiger partial charge < -0.3 is 4.74 Å². The second-order valence-electron chi connectivity index (χ2n) is 6.69. The molecule has 0 bridgehead atoms. The maximum Gasteiger partial charge on any atom is 0.387 e. The van der Waals surface area contributed by atoms with Crippen molar-refractivity contribution in [3.8, 4) is 5.75 Å². The molecule has 1 aromatic carbocycles. The van der Waals surface area contributed by atoms with Crippen LogP contribution in [0.15, 0.2) is 30.3 Å². The lowest BCUT2D eigenvalue weighted by molar-refractivity contribution is -0.0498. The standard InChI is InChI=1S/C19H20F2N2O4S/c1-12-17(13(2)23(22-12)15-9-10-28(25,26)11-15)7-8-18(24)14-3-5-16(6-4-14)27-19(20)21/h3-8,15,19H,9-11H2,1-2H3/b8-7+/t15-/m0/s1. The average molecular weight is 410 g/mol. The summed E-state index contributed by atoms with van der Waals surface area (Å²) in [6, 6.07) is 5.25. The van der Waals surface area contributed by atoms with Gasteiger partial charge in [0.25, 0.3) is 0 Å². The number of hydrogen-bond donors (Lipinski definition) is 0. The molecule has 1 aliphatic heterocycles. The molecule has 9 heteroatoms. The molecular formula is C19H20F2N2O4S. The molecule has 0 N–H and O–H groups in total. The number of carbonyl (C=O) groups excluding carboxylic acids is 1. The normalized spacial score (nSPS) is 18.8. The largest absolute Gasteiger partial charge is 0.435 e. The Hall–Kier alpha value is -2.55. The number of sulfone groups is 1. The lowest BCUT2D eigenvalue weighted by Crippen LogP contribution is -2.13. The summed E-state index contributed by atoms with van der Waals surface area (Å²) in [7, 11) is -3.03. The van der Waals surface area contributed by atoms with Crippen molar-refractivity contribution in [1.29, 1.82) is 0 Å². The number of alkyl halides is 2. The van der Waals surface area contributed by atoms with Gasteiger partial charge >= 0.3 is 6.61 Å². The van der Waals surface area contributed by atoms with Gasteiger partial charge in [-0.15, -0.1) is 0 Å². The Kier molecular flexibility index (Phi) is 5.64. The first kappa shape index (κ1) is 20.2. The predicted molar refractivity (Wildman–Crippen MR) is 100 cm³/mol. The minimum absolute atomic E-state index is 0.0185. The number of benzene rings is 1. The molecule has 1 aliphatic rings. The zero-order valence-corrected chi connectivity index (χ0v) is 16.2. The van der Waals surface area contributed by atoms with E-state index in [0.717, 1.165) is 11.3 Å². The second-order valence-corrected chi connectivity index (χ2v) is 8.92. The lowest BCUT2D eigenvalue weighted by Gasteiger charge is -2.10. The number of nitrogens with zero attached hydrogens (tertiary/aromatic N) is 2. The zero-order chi connectivity index (χ0) is 20.5. The van der Waals surface area contributed by atoms with E-state index < -0.39 is 16.4 Å². The number of ketones is 1. The van der Waals surface area contributed by atoms with Crippen LogP contribution in [0.3, 0.4) is 0 Å². The summed E-state index contributed by atoms with van der Waals surface area (Å²) in [4.78, 5) is 12.3. The van der Waals surface area contributed by atoms with Crippen molar-refractivity contribution in [2.45, 2.75) is 32.9 Å². The highest BCUT2D eigenvalue weighted by Gasteiger charge is 2.31. The molecule has 0 aliphatic carbocycles. The maximum absolute atomic E-state index is 12.3. The Bertz CT molecular complexity index is 1010. The Labute approximate surface area is 161 Å². The molecule has 0 unspecified atom stereocenters. The third-order valence-corrected chi connectivity index (χ3v) is 6.45. The summed E-state index contributed by atoms with van der Waals surface area (Å²) < 4.78 is 53.8. The van der Waals surface area contributed by atoms with Gasteiger partial charge in [-0.25, -0.2) is 8.42 Å². The van der Waals surface area contributed by atoms with Gasteiger partial charge in [0.1, 0.15) is 5.75 Å². The fourth-order valence-corrected chi connectivity index (χ4v) is 4.99. The maximum atomic E-state index is 12.3. The number of rotatable bonds is 6. The molecule has 2 heterocycles.